The average molecular weight is 153 g/mol. The minimum atomic E-state index is 0.824. The molecule has 0 atom stereocenters. The van der Waals surface area contributed by atoms with Gasteiger partial charge in [-0.15, -0.1) is 11.3 Å². The Bertz CT molecular complexity index is 219. The van der Waals surface area contributed by atoms with Crippen molar-refractivity contribution in [2.75, 3.05) is 0 Å². The predicted octanol–water partition coefficient (Wildman–Crippen LogP) is 2.95. The molecule has 0 aliphatic rings. The summed E-state index contributed by atoms with van der Waals surface area (Å²) in [6.07, 6.45) is 0. The zero-order chi connectivity index (χ0) is 7.98. The molecule has 1 nitrogen and oxygen atoms in total. The molecular formula is C8H11NS. The molecular weight excluding hydrogens is 142 g/mol. The lowest BCUT2D eigenvalue weighted by Crippen LogP contribution is -1.65. The Morgan fingerprint density at radius 1 is 1.50 bits per heavy atom. The molecule has 1 aromatic heterocycles. The van der Waals surface area contributed by atoms with E-state index in [4.69, 9.17) is 5.26 Å². The average Bonchev–Trinajstić information content (AvgIpc) is 2.39. The van der Waals surface area contributed by atoms with E-state index in [0.29, 0.717) is 0 Å². The van der Waals surface area contributed by atoms with Gasteiger partial charge in [0.05, 0.1) is 0 Å². The van der Waals surface area contributed by atoms with Crippen molar-refractivity contribution in [1.29, 1.82) is 5.26 Å². The van der Waals surface area contributed by atoms with Crippen LogP contribution in [0.25, 0.3) is 0 Å². The molecule has 0 N–H and O–H groups in total. The number of aryl methyl sites for hydroxylation is 1. The zero-order valence-corrected chi connectivity index (χ0v) is 7.33. The van der Waals surface area contributed by atoms with Crippen molar-refractivity contribution in [2.45, 2.75) is 20.8 Å². The molecule has 0 unspecified atom stereocenters. The largest absolute Gasteiger partial charge is 0.192 e. The maximum absolute atomic E-state index is 8.37. The second kappa shape index (κ2) is 5.01. The molecule has 0 bridgehead atoms. The van der Waals surface area contributed by atoms with E-state index in [1.54, 1.807) is 0 Å². The number of thiophene rings is 1. The summed E-state index contributed by atoms with van der Waals surface area (Å²) in [5.41, 5.74) is 1.08. The van der Waals surface area contributed by atoms with Gasteiger partial charge in [-0.2, -0.15) is 5.26 Å². The molecule has 0 aliphatic carbocycles. The molecule has 0 aromatic carbocycles. The minimum Gasteiger partial charge on any atom is -0.192 e. The standard InChI is InChI=1S/C6H5NS.C2H6/c1-5-2-3-8-6(5)4-7;1-2/h2-3H,1H3;1-2H3. The highest BCUT2D eigenvalue weighted by Gasteiger charge is 1.93. The van der Waals surface area contributed by atoms with Gasteiger partial charge in [0.2, 0.25) is 0 Å². The molecule has 0 fully saturated rings. The van der Waals surface area contributed by atoms with Gasteiger partial charge in [0.1, 0.15) is 10.9 Å². The zero-order valence-electron chi connectivity index (χ0n) is 6.51. The molecule has 0 saturated heterocycles. The Balaban J connectivity index is 0.000000371. The Hall–Kier alpha value is -0.810. The highest BCUT2D eigenvalue weighted by molar-refractivity contribution is 7.10. The van der Waals surface area contributed by atoms with E-state index in [1.807, 2.05) is 32.2 Å². The minimum absolute atomic E-state index is 0.824. The highest BCUT2D eigenvalue weighted by atomic mass is 32.1. The number of hydrogen-bond donors (Lipinski definition) is 0. The third kappa shape index (κ3) is 2.20. The Morgan fingerprint density at radius 3 is 2.30 bits per heavy atom. The molecule has 2 heteroatoms. The monoisotopic (exact) mass is 153 g/mol. The first-order chi connectivity index (χ1) is 4.84. The first-order valence-electron chi connectivity index (χ1n) is 3.29. The van der Waals surface area contributed by atoms with Crippen LogP contribution in [0.15, 0.2) is 11.4 Å². The summed E-state index contributed by atoms with van der Waals surface area (Å²) in [4.78, 5) is 0.824. The maximum Gasteiger partial charge on any atom is 0.110 e. The SMILES string of the molecule is CC.Cc1ccsc1C#N. The lowest BCUT2D eigenvalue weighted by atomic mass is 10.3. The normalized spacial score (nSPS) is 7.40. The third-order valence-corrected chi connectivity index (χ3v) is 1.88. The van der Waals surface area contributed by atoms with Crippen LogP contribution in [-0.4, -0.2) is 0 Å². The van der Waals surface area contributed by atoms with Crippen LogP contribution in [0.1, 0.15) is 24.3 Å². The van der Waals surface area contributed by atoms with Gasteiger partial charge >= 0.3 is 0 Å². The topological polar surface area (TPSA) is 23.8 Å². The van der Waals surface area contributed by atoms with Crippen molar-refractivity contribution in [3.63, 3.8) is 0 Å². The molecule has 1 aromatic rings. The van der Waals surface area contributed by atoms with E-state index in [-0.39, 0.29) is 0 Å². The van der Waals surface area contributed by atoms with Crippen LogP contribution in [0.4, 0.5) is 0 Å². The number of hydrogen-bond acceptors (Lipinski definition) is 2. The van der Waals surface area contributed by atoms with Gasteiger partial charge in [0, 0.05) is 0 Å². The molecule has 0 aliphatic heterocycles. The van der Waals surface area contributed by atoms with Crippen molar-refractivity contribution in [1.82, 2.24) is 0 Å². The van der Waals surface area contributed by atoms with E-state index in [0.717, 1.165) is 10.4 Å². The van der Waals surface area contributed by atoms with Crippen molar-refractivity contribution >= 4 is 11.3 Å². The van der Waals surface area contributed by atoms with Crippen LogP contribution in [0, 0.1) is 18.3 Å². The first-order valence-corrected chi connectivity index (χ1v) is 4.17. The van der Waals surface area contributed by atoms with Gasteiger partial charge in [-0.1, -0.05) is 13.8 Å². The second-order valence-electron chi connectivity index (χ2n) is 1.54. The van der Waals surface area contributed by atoms with E-state index >= 15 is 0 Å². The summed E-state index contributed by atoms with van der Waals surface area (Å²) < 4.78 is 0. The summed E-state index contributed by atoms with van der Waals surface area (Å²) in [6, 6.07) is 4.04. The van der Waals surface area contributed by atoms with Crippen molar-refractivity contribution in [2.24, 2.45) is 0 Å². The van der Waals surface area contributed by atoms with Crippen LogP contribution in [0.3, 0.4) is 0 Å². The molecule has 0 saturated carbocycles. The second-order valence-corrected chi connectivity index (χ2v) is 2.46. The quantitative estimate of drug-likeness (QED) is 0.562. The van der Waals surface area contributed by atoms with Gasteiger partial charge in [0.25, 0.3) is 0 Å². The molecule has 1 heterocycles. The van der Waals surface area contributed by atoms with E-state index in [2.05, 4.69) is 6.07 Å². The maximum atomic E-state index is 8.37. The van der Waals surface area contributed by atoms with E-state index < -0.39 is 0 Å². The summed E-state index contributed by atoms with van der Waals surface area (Å²) in [5, 5.41) is 10.3. The van der Waals surface area contributed by atoms with Crippen molar-refractivity contribution in [3.05, 3.63) is 21.9 Å². The fourth-order valence-electron chi connectivity index (χ4n) is 0.487. The third-order valence-electron chi connectivity index (χ3n) is 0.964. The lowest BCUT2D eigenvalue weighted by molar-refractivity contribution is 1.47. The smallest absolute Gasteiger partial charge is 0.110 e. The van der Waals surface area contributed by atoms with Crippen LogP contribution < -0.4 is 0 Å². The molecule has 0 spiro atoms. The van der Waals surface area contributed by atoms with E-state index in [1.165, 1.54) is 11.3 Å². The van der Waals surface area contributed by atoms with Crippen molar-refractivity contribution in [3.8, 4) is 6.07 Å². The number of nitrogens with zero attached hydrogens (tertiary/aromatic N) is 1. The number of rotatable bonds is 0. The molecule has 10 heavy (non-hydrogen) atoms. The summed E-state index contributed by atoms with van der Waals surface area (Å²) >= 11 is 1.49. The fraction of sp³-hybridized carbons (Fsp3) is 0.375. The van der Waals surface area contributed by atoms with Crippen LogP contribution >= 0.6 is 11.3 Å². The van der Waals surface area contributed by atoms with Crippen molar-refractivity contribution < 1.29 is 0 Å². The molecule has 54 valence electrons. The highest BCUT2D eigenvalue weighted by Crippen LogP contribution is 2.12. The summed E-state index contributed by atoms with van der Waals surface area (Å²) in [7, 11) is 0. The summed E-state index contributed by atoms with van der Waals surface area (Å²) in [6.45, 7) is 5.94. The molecule has 0 radical (unpaired) electrons. The van der Waals surface area contributed by atoms with Gasteiger partial charge in [0.15, 0.2) is 0 Å². The lowest BCUT2D eigenvalue weighted by Gasteiger charge is -1.76. The Morgan fingerprint density at radius 2 is 2.10 bits per heavy atom. The molecule has 1 rings (SSSR count). The fourth-order valence-corrected chi connectivity index (χ4v) is 1.20. The Kier molecular flexibility index (Phi) is 4.61. The first kappa shape index (κ1) is 9.19. The Labute approximate surface area is 65.9 Å². The van der Waals surface area contributed by atoms with Gasteiger partial charge in [-0.25, -0.2) is 0 Å². The van der Waals surface area contributed by atoms with Crippen LogP contribution in [0.2, 0.25) is 0 Å². The van der Waals surface area contributed by atoms with Crippen LogP contribution in [0.5, 0.6) is 0 Å². The summed E-state index contributed by atoms with van der Waals surface area (Å²) in [5.74, 6) is 0. The van der Waals surface area contributed by atoms with Gasteiger partial charge in [-0.05, 0) is 23.9 Å². The van der Waals surface area contributed by atoms with E-state index in [9.17, 15) is 0 Å². The predicted molar refractivity (Wildman–Crippen MR) is 45.1 cm³/mol. The van der Waals surface area contributed by atoms with Gasteiger partial charge in [-0.3, -0.25) is 0 Å². The number of nitriles is 1. The van der Waals surface area contributed by atoms with Crippen LogP contribution in [-0.2, 0) is 0 Å². The molecule has 0 amide bonds. The van der Waals surface area contributed by atoms with Gasteiger partial charge < -0.3 is 0 Å².